The van der Waals surface area contributed by atoms with Crippen molar-refractivity contribution >= 4 is 11.0 Å². The van der Waals surface area contributed by atoms with Crippen LogP contribution in [0.15, 0.2) is 60.9 Å². The van der Waals surface area contributed by atoms with Crippen molar-refractivity contribution in [3.8, 4) is 17.1 Å². The lowest BCUT2D eigenvalue weighted by molar-refractivity contribution is 0.829. The number of H-pyrrole nitrogens is 1. The minimum atomic E-state index is 0.732. The molecule has 0 saturated carbocycles. The maximum absolute atomic E-state index is 4.55. The molecule has 21 heavy (non-hydrogen) atoms. The molecule has 0 aliphatic rings. The van der Waals surface area contributed by atoms with Crippen LogP contribution in [0.25, 0.3) is 28.1 Å². The topological polar surface area (TPSA) is 46.5 Å². The Balaban J connectivity index is 1.77. The van der Waals surface area contributed by atoms with E-state index in [9.17, 15) is 0 Å². The van der Waals surface area contributed by atoms with Crippen molar-refractivity contribution in [2.24, 2.45) is 0 Å². The number of hydrogen-bond donors (Lipinski definition) is 1. The van der Waals surface area contributed by atoms with Gasteiger partial charge in [0, 0.05) is 11.8 Å². The molecule has 2 aromatic heterocycles. The van der Waals surface area contributed by atoms with Gasteiger partial charge < -0.3 is 4.98 Å². The van der Waals surface area contributed by atoms with Crippen LogP contribution in [0.5, 0.6) is 0 Å². The van der Waals surface area contributed by atoms with Crippen molar-refractivity contribution in [1.82, 2.24) is 19.7 Å². The molecule has 0 unspecified atom stereocenters. The van der Waals surface area contributed by atoms with Crippen molar-refractivity contribution in [2.45, 2.75) is 6.92 Å². The number of aryl methyl sites for hydroxylation is 1. The van der Waals surface area contributed by atoms with Crippen LogP contribution >= 0.6 is 0 Å². The van der Waals surface area contributed by atoms with E-state index in [1.807, 2.05) is 36.7 Å². The highest BCUT2D eigenvalue weighted by Crippen LogP contribution is 2.21. The third kappa shape index (κ3) is 2.10. The zero-order chi connectivity index (χ0) is 14.2. The summed E-state index contributed by atoms with van der Waals surface area (Å²) in [5.41, 5.74) is 5.45. The molecule has 0 atom stereocenters. The number of nitrogens with zero attached hydrogens (tertiary/aromatic N) is 3. The molecule has 2 aromatic carbocycles. The molecule has 0 radical (unpaired) electrons. The Labute approximate surface area is 122 Å². The Morgan fingerprint density at radius 2 is 1.90 bits per heavy atom. The molecular formula is C17H14N4. The van der Waals surface area contributed by atoms with Gasteiger partial charge in [0.05, 0.1) is 17.2 Å². The smallest absolute Gasteiger partial charge is 0.229 e. The van der Waals surface area contributed by atoms with Crippen molar-refractivity contribution in [3.05, 3.63) is 66.5 Å². The zero-order valence-corrected chi connectivity index (χ0v) is 11.6. The van der Waals surface area contributed by atoms with E-state index in [2.05, 4.69) is 46.3 Å². The average Bonchev–Trinajstić information content (AvgIpc) is 3.14. The van der Waals surface area contributed by atoms with E-state index in [0.29, 0.717) is 0 Å². The highest BCUT2D eigenvalue weighted by Gasteiger charge is 2.07. The summed E-state index contributed by atoms with van der Waals surface area (Å²) < 4.78 is 1.78. The summed E-state index contributed by atoms with van der Waals surface area (Å²) in [5, 5.41) is 4.41. The number of fused-ring (bicyclic) bond motifs is 1. The molecule has 102 valence electrons. The highest BCUT2D eigenvalue weighted by molar-refractivity contribution is 5.76. The summed E-state index contributed by atoms with van der Waals surface area (Å²) in [7, 11) is 0. The van der Waals surface area contributed by atoms with Gasteiger partial charge in [0.2, 0.25) is 5.95 Å². The first-order valence-electron chi connectivity index (χ1n) is 6.86. The first-order chi connectivity index (χ1) is 10.3. The number of benzene rings is 2. The first kappa shape index (κ1) is 11.9. The molecule has 4 rings (SSSR count). The van der Waals surface area contributed by atoms with Gasteiger partial charge in [0.25, 0.3) is 0 Å². The number of para-hydroxylation sites is 2. The summed E-state index contributed by atoms with van der Waals surface area (Å²) >= 11 is 0. The van der Waals surface area contributed by atoms with Gasteiger partial charge in [-0.2, -0.15) is 5.10 Å². The van der Waals surface area contributed by atoms with Crippen molar-refractivity contribution in [3.63, 3.8) is 0 Å². The molecule has 0 aliphatic heterocycles. The average molecular weight is 274 g/mol. The van der Waals surface area contributed by atoms with Crippen LogP contribution in [0.4, 0.5) is 0 Å². The molecule has 1 N–H and O–H groups in total. The monoisotopic (exact) mass is 274 g/mol. The second-order valence-corrected chi connectivity index (χ2v) is 5.12. The lowest BCUT2D eigenvalue weighted by Gasteiger charge is -1.98. The largest absolute Gasteiger partial charge is 0.322 e. The molecule has 0 aliphatic carbocycles. The molecule has 0 bridgehead atoms. The summed E-state index contributed by atoms with van der Waals surface area (Å²) in [4.78, 5) is 7.83. The predicted molar refractivity (Wildman–Crippen MR) is 83.4 cm³/mol. The Hall–Kier alpha value is -2.88. The lowest BCUT2D eigenvalue weighted by atomic mass is 10.1. The quantitative estimate of drug-likeness (QED) is 0.605. The van der Waals surface area contributed by atoms with Crippen LogP contribution in [-0.2, 0) is 0 Å². The number of rotatable bonds is 2. The van der Waals surface area contributed by atoms with Gasteiger partial charge in [-0.15, -0.1) is 0 Å². The molecular weight excluding hydrogens is 260 g/mol. The zero-order valence-electron chi connectivity index (χ0n) is 11.6. The minimum absolute atomic E-state index is 0.732. The van der Waals surface area contributed by atoms with Crippen molar-refractivity contribution in [2.75, 3.05) is 0 Å². The van der Waals surface area contributed by atoms with Gasteiger partial charge in [-0.25, -0.2) is 9.67 Å². The molecule has 0 amide bonds. The molecule has 0 fully saturated rings. The fraction of sp³-hybridized carbons (Fsp3) is 0.0588. The Morgan fingerprint density at radius 1 is 1.00 bits per heavy atom. The lowest BCUT2D eigenvalue weighted by Crippen LogP contribution is -1.95. The summed E-state index contributed by atoms with van der Waals surface area (Å²) in [5.74, 6) is 0.732. The standard InChI is InChI=1S/C17H14N4/c1-12-5-4-6-13(9-12)14-10-18-21(11-14)17-19-15-7-2-3-8-16(15)20-17/h2-11H,1H3,(H,19,20). The Bertz CT molecular complexity index is 884. The molecule has 2 heterocycles. The fourth-order valence-electron chi connectivity index (χ4n) is 2.46. The molecule has 0 spiro atoms. The maximum Gasteiger partial charge on any atom is 0.229 e. The van der Waals surface area contributed by atoms with Crippen LogP contribution in [-0.4, -0.2) is 19.7 Å². The van der Waals surface area contributed by atoms with Gasteiger partial charge in [-0.3, -0.25) is 0 Å². The number of aromatic nitrogens is 4. The maximum atomic E-state index is 4.55. The van der Waals surface area contributed by atoms with Gasteiger partial charge in [0.15, 0.2) is 0 Å². The molecule has 4 heteroatoms. The highest BCUT2D eigenvalue weighted by atomic mass is 15.3. The molecule has 4 aromatic rings. The summed E-state index contributed by atoms with van der Waals surface area (Å²) in [6.45, 7) is 2.09. The van der Waals surface area contributed by atoms with Gasteiger partial charge >= 0.3 is 0 Å². The third-order valence-electron chi connectivity index (χ3n) is 3.53. The number of imidazole rings is 1. The predicted octanol–water partition coefficient (Wildman–Crippen LogP) is 3.72. The third-order valence-corrected chi connectivity index (χ3v) is 3.53. The van der Waals surface area contributed by atoms with Gasteiger partial charge in [-0.1, -0.05) is 42.0 Å². The molecule has 0 saturated heterocycles. The number of aromatic amines is 1. The fourth-order valence-corrected chi connectivity index (χ4v) is 2.46. The van der Waals surface area contributed by atoms with Crippen LogP contribution in [0.2, 0.25) is 0 Å². The van der Waals surface area contributed by atoms with E-state index in [-0.39, 0.29) is 0 Å². The number of nitrogens with one attached hydrogen (secondary N) is 1. The van der Waals surface area contributed by atoms with Crippen molar-refractivity contribution in [1.29, 1.82) is 0 Å². The number of hydrogen-bond acceptors (Lipinski definition) is 2. The van der Waals surface area contributed by atoms with Crippen LogP contribution in [0.1, 0.15) is 5.56 Å². The second-order valence-electron chi connectivity index (χ2n) is 5.12. The van der Waals surface area contributed by atoms with E-state index in [1.165, 1.54) is 5.56 Å². The Kier molecular flexibility index (Phi) is 2.60. The van der Waals surface area contributed by atoms with E-state index in [4.69, 9.17) is 0 Å². The van der Waals surface area contributed by atoms with Gasteiger partial charge in [0.1, 0.15) is 0 Å². The van der Waals surface area contributed by atoms with Crippen molar-refractivity contribution < 1.29 is 0 Å². The minimum Gasteiger partial charge on any atom is -0.322 e. The van der Waals surface area contributed by atoms with Crippen LogP contribution in [0, 0.1) is 6.92 Å². The summed E-state index contributed by atoms with van der Waals surface area (Å²) in [6, 6.07) is 16.4. The van der Waals surface area contributed by atoms with Gasteiger partial charge in [-0.05, 0) is 24.6 Å². The van der Waals surface area contributed by atoms with Crippen LogP contribution < -0.4 is 0 Å². The van der Waals surface area contributed by atoms with Crippen LogP contribution in [0.3, 0.4) is 0 Å². The first-order valence-corrected chi connectivity index (χ1v) is 6.86. The normalized spacial score (nSPS) is 11.1. The molecule has 4 nitrogen and oxygen atoms in total. The summed E-state index contributed by atoms with van der Waals surface area (Å²) in [6.07, 6.45) is 3.86. The SMILES string of the molecule is Cc1cccc(-c2cnn(-c3nc4ccccc4[nH]3)c2)c1. The van der Waals surface area contributed by atoms with E-state index >= 15 is 0 Å². The van der Waals surface area contributed by atoms with E-state index in [1.54, 1.807) is 4.68 Å². The van der Waals surface area contributed by atoms with E-state index < -0.39 is 0 Å². The second kappa shape index (κ2) is 4.59. The van der Waals surface area contributed by atoms with E-state index in [0.717, 1.165) is 28.1 Å². The Morgan fingerprint density at radius 3 is 2.76 bits per heavy atom.